The van der Waals surface area contributed by atoms with E-state index < -0.39 is 0 Å². The molecule has 2 aromatic rings. The molecule has 0 unspecified atom stereocenters. The largest absolute Gasteiger partial charge is 0.491 e. The zero-order chi connectivity index (χ0) is 18.4. The number of anilines is 1. The lowest BCUT2D eigenvalue weighted by Gasteiger charge is -2.11. The van der Waals surface area contributed by atoms with Crippen LogP contribution in [0.5, 0.6) is 5.75 Å². The SMILES string of the molecule is CC(=O)c1ccc(NC(=S)NC(=O)c2ccc(OC(C)C)cc2)cc1. The Morgan fingerprint density at radius 2 is 1.52 bits per heavy atom. The highest BCUT2D eigenvalue weighted by Gasteiger charge is 2.09. The summed E-state index contributed by atoms with van der Waals surface area (Å²) in [4.78, 5) is 23.5. The van der Waals surface area contributed by atoms with E-state index in [9.17, 15) is 9.59 Å². The number of hydrogen-bond acceptors (Lipinski definition) is 4. The molecule has 0 radical (unpaired) electrons. The first-order chi connectivity index (χ1) is 11.8. The summed E-state index contributed by atoms with van der Waals surface area (Å²) >= 11 is 5.14. The van der Waals surface area contributed by atoms with Crippen LogP contribution in [0.1, 0.15) is 41.5 Å². The van der Waals surface area contributed by atoms with Crippen molar-refractivity contribution in [1.82, 2.24) is 5.32 Å². The molecular weight excluding hydrogens is 336 g/mol. The molecule has 0 aromatic heterocycles. The summed E-state index contributed by atoms with van der Waals surface area (Å²) in [6.45, 7) is 5.38. The minimum Gasteiger partial charge on any atom is -0.491 e. The Bertz CT molecular complexity index is 768. The van der Waals surface area contributed by atoms with Gasteiger partial charge in [-0.25, -0.2) is 0 Å². The molecule has 2 aromatic carbocycles. The molecule has 0 aliphatic heterocycles. The Morgan fingerprint density at radius 1 is 0.960 bits per heavy atom. The predicted molar refractivity (Wildman–Crippen MR) is 102 cm³/mol. The predicted octanol–water partition coefficient (Wildman–Crippen LogP) is 3.80. The molecular formula is C19H20N2O3S. The number of nitrogens with one attached hydrogen (secondary N) is 2. The van der Waals surface area contributed by atoms with Gasteiger partial charge in [-0.15, -0.1) is 0 Å². The zero-order valence-electron chi connectivity index (χ0n) is 14.3. The van der Waals surface area contributed by atoms with E-state index in [4.69, 9.17) is 17.0 Å². The van der Waals surface area contributed by atoms with Gasteiger partial charge in [-0.05, 0) is 81.5 Å². The lowest BCUT2D eigenvalue weighted by Crippen LogP contribution is -2.34. The third-order valence-electron chi connectivity index (χ3n) is 3.26. The zero-order valence-corrected chi connectivity index (χ0v) is 15.1. The maximum atomic E-state index is 12.2. The van der Waals surface area contributed by atoms with E-state index in [2.05, 4.69) is 10.6 Å². The van der Waals surface area contributed by atoms with Crippen LogP contribution in [0.15, 0.2) is 48.5 Å². The molecule has 0 heterocycles. The Hall–Kier alpha value is -2.73. The summed E-state index contributed by atoms with van der Waals surface area (Å²) in [6.07, 6.45) is 0.0749. The third kappa shape index (κ3) is 5.69. The van der Waals surface area contributed by atoms with Crippen LogP contribution < -0.4 is 15.4 Å². The summed E-state index contributed by atoms with van der Waals surface area (Å²) in [7, 11) is 0. The second-order valence-electron chi connectivity index (χ2n) is 5.73. The molecule has 2 N–H and O–H groups in total. The summed E-state index contributed by atoms with van der Waals surface area (Å²) in [5, 5.41) is 5.71. The number of thiocarbonyl (C=S) groups is 1. The highest BCUT2D eigenvalue weighted by Crippen LogP contribution is 2.14. The minimum atomic E-state index is -0.311. The van der Waals surface area contributed by atoms with Crippen LogP contribution in [0.3, 0.4) is 0 Å². The number of ether oxygens (including phenoxy) is 1. The van der Waals surface area contributed by atoms with Gasteiger partial charge >= 0.3 is 0 Å². The highest BCUT2D eigenvalue weighted by atomic mass is 32.1. The van der Waals surface area contributed by atoms with Gasteiger partial charge in [0, 0.05) is 16.8 Å². The number of carbonyl (C=O) groups is 2. The van der Waals surface area contributed by atoms with Gasteiger partial charge in [0.25, 0.3) is 5.91 Å². The third-order valence-corrected chi connectivity index (χ3v) is 3.47. The topological polar surface area (TPSA) is 67.4 Å². The van der Waals surface area contributed by atoms with Gasteiger partial charge in [-0.1, -0.05) is 0 Å². The molecule has 0 bridgehead atoms. The molecule has 25 heavy (non-hydrogen) atoms. The van der Waals surface area contributed by atoms with Crippen molar-refractivity contribution in [2.45, 2.75) is 26.9 Å². The van der Waals surface area contributed by atoms with Gasteiger partial charge in [0.2, 0.25) is 0 Å². The molecule has 0 atom stereocenters. The summed E-state index contributed by atoms with van der Waals surface area (Å²) < 4.78 is 5.54. The van der Waals surface area contributed by atoms with Crippen LogP contribution in [-0.4, -0.2) is 22.9 Å². The Balaban J connectivity index is 1.93. The molecule has 2 rings (SSSR count). The Labute approximate surface area is 152 Å². The number of benzene rings is 2. The molecule has 0 saturated carbocycles. The van der Waals surface area contributed by atoms with Crippen molar-refractivity contribution >= 4 is 34.7 Å². The summed E-state index contributed by atoms with van der Waals surface area (Å²) in [5.41, 5.74) is 1.78. The maximum Gasteiger partial charge on any atom is 0.257 e. The molecule has 130 valence electrons. The number of carbonyl (C=O) groups excluding carboxylic acids is 2. The quantitative estimate of drug-likeness (QED) is 0.630. The van der Waals surface area contributed by atoms with E-state index in [0.29, 0.717) is 22.6 Å². The second-order valence-corrected chi connectivity index (χ2v) is 6.14. The number of Topliss-reactive ketones (excluding diaryl/α,β-unsaturated/α-hetero) is 1. The Morgan fingerprint density at radius 3 is 2.04 bits per heavy atom. The molecule has 0 aliphatic carbocycles. The van der Waals surface area contributed by atoms with Crippen LogP contribution in [0.25, 0.3) is 0 Å². The first-order valence-electron chi connectivity index (χ1n) is 7.85. The lowest BCUT2D eigenvalue weighted by atomic mass is 10.1. The number of hydrogen-bond donors (Lipinski definition) is 2. The van der Waals surface area contributed by atoms with E-state index in [1.165, 1.54) is 6.92 Å². The molecule has 5 nitrogen and oxygen atoms in total. The van der Waals surface area contributed by atoms with E-state index >= 15 is 0 Å². The van der Waals surface area contributed by atoms with Crippen LogP contribution in [0, 0.1) is 0 Å². The van der Waals surface area contributed by atoms with Gasteiger partial charge in [-0.2, -0.15) is 0 Å². The number of ketones is 1. The fourth-order valence-electron chi connectivity index (χ4n) is 2.08. The molecule has 1 amide bonds. The van der Waals surface area contributed by atoms with Crippen molar-refractivity contribution in [2.75, 3.05) is 5.32 Å². The van der Waals surface area contributed by atoms with E-state index in [1.54, 1.807) is 48.5 Å². The standard InChI is InChI=1S/C19H20N2O3S/c1-12(2)24-17-10-6-15(7-11-17)18(23)21-19(25)20-16-8-4-14(5-9-16)13(3)22/h4-12H,1-3H3,(H2,20,21,23,25). The summed E-state index contributed by atoms with van der Waals surface area (Å²) in [6, 6.07) is 13.7. The Kier molecular flexibility index (Phi) is 6.25. The smallest absolute Gasteiger partial charge is 0.257 e. The minimum absolute atomic E-state index is 0.00711. The van der Waals surface area contributed by atoms with Crippen molar-refractivity contribution in [1.29, 1.82) is 0 Å². The van der Waals surface area contributed by atoms with Crippen molar-refractivity contribution < 1.29 is 14.3 Å². The van der Waals surface area contributed by atoms with E-state index in [1.807, 2.05) is 13.8 Å². The molecule has 0 saturated heterocycles. The first-order valence-corrected chi connectivity index (χ1v) is 8.26. The van der Waals surface area contributed by atoms with Crippen LogP contribution in [-0.2, 0) is 0 Å². The van der Waals surface area contributed by atoms with Gasteiger partial charge in [-0.3, -0.25) is 14.9 Å². The van der Waals surface area contributed by atoms with Crippen molar-refractivity contribution in [3.8, 4) is 5.75 Å². The van der Waals surface area contributed by atoms with Crippen molar-refractivity contribution in [3.05, 3.63) is 59.7 Å². The maximum absolute atomic E-state index is 12.2. The molecule has 0 aliphatic rings. The first kappa shape index (κ1) is 18.6. The molecule has 0 spiro atoms. The van der Waals surface area contributed by atoms with Crippen LogP contribution >= 0.6 is 12.2 Å². The monoisotopic (exact) mass is 356 g/mol. The highest BCUT2D eigenvalue weighted by molar-refractivity contribution is 7.80. The van der Waals surface area contributed by atoms with Gasteiger partial charge in [0.15, 0.2) is 10.9 Å². The van der Waals surface area contributed by atoms with Crippen LogP contribution in [0.2, 0.25) is 0 Å². The van der Waals surface area contributed by atoms with E-state index in [0.717, 1.165) is 0 Å². The average molecular weight is 356 g/mol. The van der Waals surface area contributed by atoms with Crippen molar-refractivity contribution in [3.63, 3.8) is 0 Å². The average Bonchev–Trinajstić information content (AvgIpc) is 2.55. The van der Waals surface area contributed by atoms with Crippen molar-refractivity contribution in [2.24, 2.45) is 0 Å². The number of rotatable bonds is 5. The normalized spacial score (nSPS) is 10.2. The lowest BCUT2D eigenvalue weighted by molar-refractivity contribution is 0.0976. The summed E-state index contributed by atoms with van der Waals surface area (Å²) in [5.74, 6) is 0.388. The fourth-order valence-corrected chi connectivity index (χ4v) is 2.29. The number of amides is 1. The van der Waals surface area contributed by atoms with E-state index in [-0.39, 0.29) is 22.9 Å². The second kappa shape index (κ2) is 8.39. The molecule has 6 heteroatoms. The van der Waals surface area contributed by atoms with Crippen LogP contribution in [0.4, 0.5) is 5.69 Å². The van der Waals surface area contributed by atoms with Gasteiger partial charge < -0.3 is 10.1 Å². The van der Waals surface area contributed by atoms with Gasteiger partial charge in [0.05, 0.1) is 6.10 Å². The fraction of sp³-hybridized carbons (Fsp3) is 0.211. The van der Waals surface area contributed by atoms with Gasteiger partial charge in [0.1, 0.15) is 5.75 Å². The molecule has 0 fully saturated rings.